The number of hydrogen-bond acceptors (Lipinski definition) is 5. The Hall–Kier alpha value is -3.07. The topological polar surface area (TPSA) is 84.9 Å². The monoisotopic (exact) mass is 439 g/mol. The van der Waals surface area contributed by atoms with Crippen molar-refractivity contribution in [3.63, 3.8) is 0 Å². The van der Waals surface area contributed by atoms with E-state index in [1.54, 1.807) is 51.1 Å². The van der Waals surface area contributed by atoms with Gasteiger partial charge in [0, 0.05) is 0 Å². The Morgan fingerprint density at radius 3 is 2.10 bits per heavy atom. The number of rotatable bonds is 6. The summed E-state index contributed by atoms with van der Waals surface area (Å²) in [5, 5.41) is 12.9. The lowest BCUT2D eigenvalue weighted by Crippen LogP contribution is -2.47. The summed E-state index contributed by atoms with van der Waals surface area (Å²) >= 11 is 0. The number of alkyl carbamates (subject to hydrolysis) is 1. The SMILES string of the molecule is CC(C)(C)OC(=O)NC(C(=O)OCc1ccccc1)C(O)c1ccc(C(F)(F)F)cc1. The van der Waals surface area contributed by atoms with Gasteiger partial charge in [-0.25, -0.2) is 9.59 Å². The number of ether oxygens (including phenoxy) is 2. The Labute approximate surface area is 178 Å². The van der Waals surface area contributed by atoms with Gasteiger partial charge in [-0.05, 0) is 44.0 Å². The molecule has 6 nitrogen and oxygen atoms in total. The van der Waals surface area contributed by atoms with E-state index >= 15 is 0 Å². The number of halogens is 3. The van der Waals surface area contributed by atoms with Gasteiger partial charge in [0.05, 0.1) is 5.56 Å². The maximum Gasteiger partial charge on any atom is 0.416 e. The first kappa shape index (κ1) is 24.2. The highest BCUT2D eigenvalue weighted by molar-refractivity contribution is 5.82. The molecular formula is C22H24F3NO5. The maximum atomic E-state index is 12.8. The molecule has 0 saturated heterocycles. The van der Waals surface area contributed by atoms with Gasteiger partial charge >= 0.3 is 18.2 Å². The van der Waals surface area contributed by atoms with Crippen LogP contribution in [0.2, 0.25) is 0 Å². The summed E-state index contributed by atoms with van der Waals surface area (Å²) < 4.78 is 48.7. The van der Waals surface area contributed by atoms with Crippen molar-refractivity contribution in [1.29, 1.82) is 0 Å². The maximum absolute atomic E-state index is 12.8. The van der Waals surface area contributed by atoms with Crippen molar-refractivity contribution in [2.24, 2.45) is 0 Å². The van der Waals surface area contributed by atoms with Gasteiger partial charge in [-0.3, -0.25) is 0 Å². The fraction of sp³-hybridized carbons (Fsp3) is 0.364. The van der Waals surface area contributed by atoms with Crippen molar-refractivity contribution < 1.29 is 37.3 Å². The van der Waals surface area contributed by atoms with Crippen LogP contribution in [-0.2, 0) is 27.1 Å². The molecule has 168 valence electrons. The van der Waals surface area contributed by atoms with Crippen LogP contribution in [0.4, 0.5) is 18.0 Å². The van der Waals surface area contributed by atoms with Crippen molar-refractivity contribution in [1.82, 2.24) is 5.32 Å². The van der Waals surface area contributed by atoms with E-state index in [0.717, 1.165) is 24.3 Å². The van der Waals surface area contributed by atoms with Gasteiger partial charge in [0.15, 0.2) is 6.04 Å². The number of alkyl halides is 3. The highest BCUT2D eigenvalue weighted by Gasteiger charge is 2.34. The quantitative estimate of drug-likeness (QED) is 0.653. The average molecular weight is 439 g/mol. The smallest absolute Gasteiger partial charge is 0.416 e. The van der Waals surface area contributed by atoms with E-state index < -0.39 is 41.5 Å². The summed E-state index contributed by atoms with van der Waals surface area (Å²) in [7, 11) is 0. The number of hydrogen-bond donors (Lipinski definition) is 2. The normalized spacial score (nSPS) is 13.8. The fourth-order valence-electron chi connectivity index (χ4n) is 2.58. The first-order valence-electron chi connectivity index (χ1n) is 9.42. The molecule has 0 aliphatic rings. The van der Waals surface area contributed by atoms with Crippen LogP contribution in [0.15, 0.2) is 54.6 Å². The molecule has 0 bridgehead atoms. The third kappa shape index (κ3) is 7.60. The van der Waals surface area contributed by atoms with Crippen LogP contribution < -0.4 is 5.32 Å². The van der Waals surface area contributed by atoms with Crippen LogP contribution in [0.25, 0.3) is 0 Å². The summed E-state index contributed by atoms with van der Waals surface area (Å²) in [6.45, 7) is 4.72. The standard InChI is InChI=1S/C22H24F3NO5/c1-21(2,3)31-20(29)26-17(19(28)30-13-14-7-5-4-6-8-14)18(27)15-9-11-16(12-10-15)22(23,24)25/h4-12,17-18,27H,13H2,1-3H3,(H,26,29). The summed E-state index contributed by atoms with van der Waals surface area (Å²) in [5.74, 6) is -0.970. The predicted octanol–water partition coefficient (Wildman–Crippen LogP) is 4.38. The number of benzene rings is 2. The molecule has 31 heavy (non-hydrogen) atoms. The molecule has 2 atom stereocenters. The highest BCUT2D eigenvalue weighted by Crippen LogP contribution is 2.30. The van der Waals surface area contributed by atoms with Crippen molar-refractivity contribution in [3.05, 3.63) is 71.3 Å². The second kappa shape index (κ2) is 9.82. The third-order valence-electron chi connectivity index (χ3n) is 4.05. The second-order valence-corrected chi connectivity index (χ2v) is 7.78. The predicted molar refractivity (Wildman–Crippen MR) is 106 cm³/mol. The Kier molecular flexibility index (Phi) is 7.67. The number of esters is 1. The lowest BCUT2D eigenvalue weighted by Gasteiger charge is -2.26. The zero-order chi connectivity index (χ0) is 23.2. The minimum Gasteiger partial charge on any atom is -0.459 e. The Morgan fingerprint density at radius 2 is 1.58 bits per heavy atom. The van der Waals surface area contributed by atoms with Crippen LogP contribution in [0, 0.1) is 0 Å². The van der Waals surface area contributed by atoms with Crippen molar-refractivity contribution >= 4 is 12.1 Å². The lowest BCUT2D eigenvalue weighted by atomic mass is 10.0. The molecule has 2 unspecified atom stereocenters. The molecule has 0 fully saturated rings. The summed E-state index contributed by atoms with van der Waals surface area (Å²) in [5.41, 5.74) is -1.12. The summed E-state index contributed by atoms with van der Waals surface area (Å²) in [6, 6.07) is 10.7. The van der Waals surface area contributed by atoms with Crippen molar-refractivity contribution in [2.75, 3.05) is 0 Å². The Bertz CT molecular complexity index is 877. The minimum absolute atomic E-state index is 0.00859. The number of nitrogens with one attached hydrogen (secondary N) is 1. The van der Waals surface area contributed by atoms with Gasteiger partial charge in [0.2, 0.25) is 0 Å². The van der Waals surface area contributed by atoms with Crippen LogP contribution in [0.1, 0.15) is 43.6 Å². The highest BCUT2D eigenvalue weighted by atomic mass is 19.4. The first-order valence-corrected chi connectivity index (χ1v) is 9.42. The third-order valence-corrected chi connectivity index (χ3v) is 4.05. The molecule has 1 amide bonds. The van der Waals surface area contributed by atoms with E-state index in [1.165, 1.54) is 0 Å². The molecule has 0 aliphatic heterocycles. The zero-order valence-corrected chi connectivity index (χ0v) is 17.3. The molecule has 0 heterocycles. The van der Waals surface area contributed by atoms with E-state index in [1.807, 2.05) is 0 Å². The first-order chi connectivity index (χ1) is 14.4. The Morgan fingerprint density at radius 1 is 1.00 bits per heavy atom. The van der Waals surface area contributed by atoms with Gasteiger partial charge in [-0.1, -0.05) is 42.5 Å². The van der Waals surface area contributed by atoms with Crippen LogP contribution >= 0.6 is 0 Å². The minimum atomic E-state index is -4.55. The van der Waals surface area contributed by atoms with E-state index in [0.29, 0.717) is 5.56 Å². The molecule has 0 radical (unpaired) electrons. The van der Waals surface area contributed by atoms with Gasteiger partial charge in [0.1, 0.15) is 18.3 Å². The lowest BCUT2D eigenvalue weighted by molar-refractivity contribution is -0.150. The van der Waals surface area contributed by atoms with Crippen LogP contribution in [-0.4, -0.2) is 28.8 Å². The molecule has 9 heteroatoms. The van der Waals surface area contributed by atoms with E-state index in [9.17, 15) is 27.9 Å². The van der Waals surface area contributed by atoms with Gasteiger partial charge in [-0.15, -0.1) is 0 Å². The van der Waals surface area contributed by atoms with Crippen LogP contribution in [0.3, 0.4) is 0 Å². The van der Waals surface area contributed by atoms with E-state index in [4.69, 9.17) is 9.47 Å². The Balaban J connectivity index is 2.20. The molecule has 0 aliphatic carbocycles. The summed E-state index contributed by atoms with van der Waals surface area (Å²) in [6.07, 6.45) is -7.20. The number of aliphatic hydroxyl groups is 1. The van der Waals surface area contributed by atoms with Crippen molar-refractivity contribution in [2.45, 2.75) is 51.3 Å². The molecule has 2 aromatic rings. The average Bonchev–Trinajstić information content (AvgIpc) is 2.68. The number of carbonyl (C=O) groups is 2. The second-order valence-electron chi connectivity index (χ2n) is 7.78. The molecule has 2 N–H and O–H groups in total. The number of aliphatic hydroxyl groups excluding tert-OH is 1. The molecule has 0 saturated carbocycles. The molecule has 0 spiro atoms. The number of carbonyl (C=O) groups excluding carboxylic acids is 2. The van der Waals surface area contributed by atoms with Gasteiger partial charge in [-0.2, -0.15) is 13.2 Å². The van der Waals surface area contributed by atoms with Crippen LogP contribution in [0.5, 0.6) is 0 Å². The van der Waals surface area contributed by atoms with Gasteiger partial charge < -0.3 is 19.9 Å². The van der Waals surface area contributed by atoms with E-state index in [2.05, 4.69) is 5.32 Å². The van der Waals surface area contributed by atoms with Gasteiger partial charge in [0.25, 0.3) is 0 Å². The zero-order valence-electron chi connectivity index (χ0n) is 17.3. The summed E-state index contributed by atoms with van der Waals surface area (Å²) in [4.78, 5) is 24.8. The molecule has 0 aromatic heterocycles. The molecular weight excluding hydrogens is 415 g/mol. The van der Waals surface area contributed by atoms with Crippen molar-refractivity contribution in [3.8, 4) is 0 Å². The molecule has 2 rings (SSSR count). The molecule has 2 aromatic carbocycles. The fourth-order valence-corrected chi connectivity index (χ4v) is 2.58. The number of amides is 1. The van der Waals surface area contributed by atoms with E-state index in [-0.39, 0.29) is 12.2 Å². The largest absolute Gasteiger partial charge is 0.459 e.